The highest BCUT2D eigenvalue weighted by Gasteiger charge is 2.23. The molecule has 1 amide bonds. The van der Waals surface area contributed by atoms with Crippen LogP contribution in [-0.2, 0) is 10.0 Å². The summed E-state index contributed by atoms with van der Waals surface area (Å²) in [5, 5.41) is 0. The van der Waals surface area contributed by atoms with E-state index in [9.17, 15) is 13.2 Å². The Hall–Kier alpha value is -2.54. The number of carbonyl (C=O) groups is 1. The van der Waals surface area contributed by atoms with Crippen molar-refractivity contribution >= 4 is 21.6 Å². The molecule has 1 saturated heterocycles. The Morgan fingerprint density at radius 3 is 2.30 bits per heavy atom. The lowest BCUT2D eigenvalue weighted by molar-refractivity contribution is 0.0793. The fraction of sp³-hybridized carbons (Fsp3) is 0.350. The van der Waals surface area contributed by atoms with Crippen LogP contribution in [-0.4, -0.2) is 39.4 Å². The molecule has 27 heavy (non-hydrogen) atoms. The third-order valence-corrected chi connectivity index (χ3v) is 6.38. The van der Waals surface area contributed by atoms with E-state index in [4.69, 9.17) is 4.74 Å². The minimum absolute atomic E-state index is 0.0645. The molecule has 1 N–H and O–H groups in total. The fourth-order valence-electron chi connectivity index (χ4n) is 3.48. The summed E-state index contributed by atoms with van der Waals surface area (Å²) in [6.07, 6.45) is 2.02. The Bertz CT molecular complexity index is 941. The van der Waals surface area contributed by atoms with Gasteiger partial charge in [0.05, 0.1) is 12.0 Å². The van der Waals surface area contributed by atoms with Gasteiger partial charge in [0.1, 0.15) is 5.75 Å². The predicted molar refractivity (Wildman–Crippen MR) is 105 cm³/mol. The van der Waals surface area contributed by atoms with E-state index < -0.39 is 10.0 Å². The highest BCUT2D eigenvalue weighted by molar-refractivity contribution is 7.92. The maximum absolute atomic E-state index is 12.9. The average molecular weight is 388 g/mol. The van der Waals surface area contributed by atoms with E-state index in [1.165, 1.54) is 0 Å². The molecular weight excluding hydrogens is 364 g/mol. The van der Waals surface area contributed by atoms with Gasteiger partial charge >= 0.3 is 0 Å². The van der Waals surface area contributed by atoms with Crippen molar-refractivity contribution in [3.8, 4) is 5.75 Å². The molecule has 1 aliphatic heterocycles. The van der Waals surface area contributed by atoms with Gasteiger partial charge in [-0.15, -0.1) is 0 Å². The number of methoxy groups -OCH3 is 1. The quantitative estimate of drug-likeness (QED) is 0.852. The molecule has 2 aromatic rings. The van der Waals surface area contributed by atoms with Crippen molar-refractivity contribution in [2.75, 3.05) is 24.9 Å². The minimum atomic E-state index is -3.79. The number of amides is 1. The average Bonchev–Trinajstić information content (AvgIpc) is 3.14. The Labute approximate surface area is 160 Å². The summed E-state index contributed by atoms with van der Waals surface area (Å²) < 4.78 is 33.7. The van der Waals surface area contributed by atoms with Crippen LogP contribution in [0.3, 0.4) is 0 Å². The number of ether oxygens (including phenoxy) is 1. The molecule has 6 nitrogen and oxygen atoms in total. The number of nitrogens with one attached hydrogen (secondary N) is 1. The number of carbonyl (C=O) groups excluding carboxylic acids is 1. The van der Waals surface area contributed by atoms with E-state index in [1.54, 1.807) is 62.3 Å². The van der Waals surface area contributed by atoms with Crippen molar-refractivity contribution in [2.45, 2.75) is 31.6 Å². The zero-order valence-corrected chi connectivity index (χ0v) is 16.6. The summed E-state index contributed by atoms with van der Waals surface area (Å²) in [6, 6.07) is 10.0. The number of aryl methyl sites for hydroxylation is 2. The second kappa shape index (κ2) is 7.60. The van der Waals surface area contributed by atoms with Gasteiger partial charge in [-0.2, -0.15) is 0 Å². The molecule has 0 radical (unpaired) electrons. The third kappa shape index (κ3) is 4.08. The molecule has 0 bridgehead atoms. The molecule has 0 atom stereocenters. The Kier molecular flexibility index (Phi) is 5.41. The van der Waals surface area contributed by atoms with Crippen molar-refractivity contribution in [3.63, 3.8) is 0 Å². The lowest BCUT2D eigenvalue weighted by Gasteiger charge is -2.17. The summed E-state index contributed by atoms with van der Waals surface area (Å²) in [6.45, 7) is 4.97. The number of hydrogen-bond donors (Lipinski definition) is 1. The van der Waals surface area contributed by atoms with E-state index in [0.29, 0.717) is 28.1 Å². The zero-order chi connectivity index (χ0) is 19.6. The molecular formula is C20H24N2O4S. The Morgan fingerprint density at radius 2 is 1.70 bits per heavy atom. The number of likely N-dealkylation sites (tertiary alicyclic amines) is 1. The first-order chi connectivity index (χ1) is 12.8. The molecule has 0 saturated carbocycles. The lowest BCUT2D eigenvalue weighted by Crippen LogP contribution is -2.27. The lowest BCUT2D eigenvalue weighted by atomic mass is 10.1. The van der Waals surface area contributed by atoms with Gasteiger partial charge < -0.3 is 9.64 Å². The van der Waals surface area contributed by atoms with Gasteiger partial charge in [0.25, 0.3) is 15.9 Å². The van der Waals surface area contributed by atoms with Crippen LogP contribution < -0.4 is 9.46 Å². The summed E-state index contributed by atoms with van der Waals surface area (Å²) >= 11 is 0. The van der Waals surface area contributed by atoms with Crippen molar-refractivity contribution in [2.24, 2.45) is 0 Å². The second-order valence-electron chi connectivity index (χ2n) is 6.78. The minimum Gasteiger partial charge on any atom is -0.497 e. The number of benzene rings is 2. The maximum atomic E-state index is 12.9. The number of sulfonamides is 1. The Balaban J connectivity index is 1.88. The van der Waals surface area contributed by atoms with Crippen LogP contribution in [0.2, 0.25) is 0 Å². The van der Waals surface area contributed by atoms with Crippen LogP contribution in [0.15, 0.2) is 41.3 Å². The molecule has 0 unspecified atom stereocenters. The third-order valence-electron chi connectivity index (χ3n) is 4.69. The molecule has 144 valence electrons. The fourth-order valence-corrected chi connectivity index (χ4v) is 4.98. The molecule has 3 rings (SSSR count). The molecule has 2 aromatic carbocycles. The van der Waals surface area contributed by atoms with Crippen molar-refractivity contribution in [1.82, 2.24) is 4.90 Å². The first kappa shape index (κ1) is 19.2. The van der Waals surface area contributed by atoms with Crippen molar-refractivity contribution in [1.29, 1.82) is 0 Å². The van der Waals surface area contributed by atoms with E-state index in [1.807, 2.05) is 0 Å². The van der Waals surface area contributed by atoms with Gasteiger partial charge in [0, 0.05) is 24.3 Å². The van der Waals surface area contributed by atoms with Crippen molar-refractivity contribution < 1.29 is 17.9 Å². The van der Waals surface area contributed by atoms with E-state index in [0.717, 1.165) is 25.9 Å². The predicted octanol–water partition coefficient (Wildman–Crippen LogP) is 3.35. The normalized spacial score (nSPS) is 14.3. The number of nitrogens with zero attached hydrogens (tertiary/aromatic N) is 1. The number of hydrogen-bond acceptors (Lipinski definition) is 4. The van der Waals surface area contributed by atoms with Gasteiger partial charge in [0.2, 0.25) is 0 Å². The van der Waals surface area contributed by atoms with Gasteiger partial charge in [-0.25, -0.2) is 8.42 Å². The standard InChI is InChI=1S/C20H24N2O4S/c1-14-11-18(26-3)12-15(2)19(14)27(24,25)21-17-8-6-7-16(13-17)20(23)22-9-4-5-10-22/h6-8,11-13,21H,4-5,9-10H2,1-3H3. The van der Waals surface area contributed by atoms with Crippen LogP contribution >= 0.6 is 0 Å². The zero-order valence-electron chi connectivity index (χ0n) is 15.8. The first-order valence-corrected chi connectivity index (χ1v) is 10.4. The molecule has 0 aliphatic carbocycles. The smallest absolute Gasteiger partial charge is 0.262 e. The molecule has 7 heteroatoms. The SMILES string of the molecule is COc1cc(C)c(S(=O)(=O)Nc2cccc(C(=O)N3CCCC3)c2)c(C)c1. The highest BCUT2D eigenvalue weighted by atomic mass is 32.2. The van der Waals surface area contributed by atoms with Gasteiger partial charge in [-0.3, -0.25) is 9.52 Å². The highest BCUT2D eigenvalue weighted by Crippen LogP contribution is 2.27. The van der Waals surface area contributed by atoms with Crippen LogP contribution in [0.25, 0.3) is 0 Å². The number of rotatable bonds is 5. The van der Waals surface area contributed by atoms with E-state index >= 15 is 0 Å². The monoisotopic (exact) mass is 388 g/mol. The molecule has 1 fully saturated rings. The summed E-state index contributed by atoms with van der Waals surface area (Å²) in [5.41, 5.74) is 2.06. The van der Waals surface area contributed by atoms with E-state index in [2.05, 4.69) is 4.72 Å². The number of anilines is 1. The molecule has 1 aliphatic rings. The van der Waals surface area contributed by atoms with Gasteiger partial charge in [0.15, 0.2) is 0 Å². The van der Waals surface area contributed by atoms with Crippen LogP contribution in [0.4, 0.5) is 5.69 Å². The van der Waals surface area contributed by atoms with Gasteiger partial charge in [-0.05, 0) is 68.1 Å². The summed E-state index contributed by atoms with van der Waals surface area (Å²) in [5.74, 6) is 0.549. The molecule has 0 aromatic heterocycles. The van der Waals surface area contributed by atoms with Crippen LogP contribution in [0.5, 0.6) is 5.75 Å². The van der Waals surface area contributed by atoms with Crippen molar-refractivity contribution in [3.05, 3.63) is 53.1 Å². The van der Waals surface area contributed by atoms with E-state index in [-0.39, 0.29) is 10.8 Å². The first-order valence-electron chi connectivity index (χ1n) is 8.89. The summed E-state index contributed by atoms with van der Waals surface area (Å²) in [4.78, 5) is 14.6. The molecule has 1 heterocycles. The second-order valence-corrected chi connectivity index (χ2v) is 8.40. The largest absolute Gasteiger partial charge is 0.497 e. The maximum Gasteiger partial charge on any atom is 0.262 e. The van der Waals surface area contributed by atoms with Crippen LogP contribution in [0, 0.1) is 13.8 Å². The summed E-state index contributed by atoms with van der Waals surface area (Å²) in [7, 11) is -2.25. The topological polar surface area (TPSA) is 75.7 Å². The van der Waals surface area contributed by atoms with Crippen LogP contribution in [0.1, 0.15) is 34.3 Å². The van der Waals surface area contributed by atoms with Gasteiger partial charge in [-0.1, -0.05) is 6.07 Å². The Morgan fingerprint density at radius 1 is 1.07 bits per heavy atom. The molecule has 0 spiro atoms.